The van der Waals surface area contributed by atoms with Gasteiger partial charge in [0.15, 0.2) is 0 Å². The van der Waals surface area contributed by atoms with Crippen molar-refractivity contribution in [3.8, 4) is 0 Å². The van der Waals surface area contributed by atoms with Gasteiger partial charge in [-0.15, -0.1) is 0 Å². The van der Waals surface area contributed by atoms with Crippen LogP contribution in [0.3, 0.4) is 0 Å². The lowest BCUT2D eigenvalue weighted by Gasteiger charge is -2.26. The Morgan fingerprint density at radius 1 is 1.56 bits per heavy atom. The number of ether oxygens (including phenoxy) is 1. The van der Waals surface area contributed by atoms with Crippen LogP contribution in [0.2, 0.25) is 0 Å². The molecule has 1 rings (SSSR count). The van der Waals surface area contributed by atoms with Crippen molar-refractivity contribution in [1.29, 1.82) is 0 Å². The van der Waals surface area contributed by atoms with Crippen LogP contribution in [0.15, 0.2) is 0 Å². The average Bonchev–Trinajstić information content (AvgIpc) is 1.88. The van der Waals surface area contributed by atoms with Gasteiger partial charge in [-0.25, -0.2) is 0 Å². The molecule has 1 heterocycles. The van der Waals surface area contributed by atoms with Crippen LogP contribution in [0, 0.1) is 0 Å². The molecular weight excluding hydrogens is 116 g/mol. The SMILES string of the molecule is CN[C@@H]1COC[C@H](N)C1. The highest BCUT2D eigenvalue weighted by atomic mass is 16.5. The molecule has 0 saturated carbocycles. The summed E-state index contributed by atoms with van der Waals surface area (Å²) < 4.78 is 5.20. The summed E-state index contributed by atoms with van der Waals surface area (Å²) >= 11 is 0. The van der Waals surface area contributed by atoms with Gasteiger partial charge in [-0.05, 0) is 13.5 Å². The van der Waals surface area contributed by atoms with E-state index < -0.39 is 0 Å². The third-order valence-electron chi connectivity index (χ3n) is 1.65. The molecule has 0 unspecified atom stereocenters. The Balaban J connectivity index is 2.23. The van der Waals surface area contributed by atoms with Crippen molar-refractivity contribution in [2.24, 2.45) is 5.73 Å². The topological polar surface area (TPSA) is 47.3 Å². The molecule has 1 aliphatic heterocycles. The third kappa shape index (κ3) is 1.93. The van der Waals surface area contributed by atoms with Gasteiger partial charge in [0.05, 0.1) is 13.2 Å². The summed E-state index contributed by atoms with van der Waals surface area (Å²) in [6.07, 6.45) is 1.04. The van der Waals surface area contributed by atoms with E-state index in [9.17, 15) is 0 Å². The van der Waals surface area contributed by atoms with Gasteiger partial charge in [0.1, 0.15) is 0 Å². The summed E-state index contributed by atoms with van der Waals surface area (Å²) in [6.45, 7) is 1.53. The maximum atomic E-state index is 5.64. The third-order valence-corrected chi connectivity index (χ3v) is 1.65. The zero-order chi connectivity index (χ0) is 6.69. The predicted octanol–water partition coefficient (Wildman–Crippen LogP) is -0.678. The van der Waals surface area contributed by atoms with E-state index in [2.05, 4.69) is 5.32 Å². The Labute approximate surface area is 55.6 Å². The number of nitrogens with two attached hydrogens (primary N) is 1. The second kappa shape index (κ2) is 3.15. The van der Waals surface area contributed by atoms with Crippen molar-refractivity contribution in [1.82, 2.24) is 5.32 Å². The molecule has 3 N–H and O–H groups in total. The minimum Gasteiger partial charge on any atom is -0.378 e. The minimum absolute atomic E-state index is 0.233. The van der Waals surface area contributed by atoms with Gasteiger partial charge in [0, 0.05) is 12.1 Å². The summed E-state index contributed by atoms with van der Waals surface area (Å²) in [5.74, 6) is 0. The molecule has 0 bridgehead atoms. The Morgan fingerprint density at radius 3 is 2.78 bits per heavy atom. The summed E-state index contributed by atoms with van der Waals surface area (Å²) in [7, 11) is 1.94. The number of hydrogen-bond acceptors (Lipinski definition) is 3. The first-order valence-corrected chi connectivity index (χ1v) is 3.33. The fourth-order valence-corrected chi connectivity index (χ4v) is 1.06. The highest BCUT2D eigenvalue weighted by Gasteiger charge is 2.17. The molecule has 0 aromatic heterocycles. The molecule has 0 amide bonds. The second-order valence-corrected chi connectivity index (χ2v) is 2.52. The van der Waals surface area contributed by atoms with E-state index in [1.54, 1.807) is 0 Å². The first-order valence-electron chi connectivity index (χ1n) is 3.33. The lowest BCUT2D eigenvalue weighted by Crippen LogP contribution is -2.44. The smallest absolute Gasteiger partial charge is 0.0620 e. The molecule has 2 atom stereocenters. The molecule has 0 aliphatic carbocycles. The van der Waals surface area contributed by atoms with E-state index in [0.29, 0.717) is 6.04 Å². The first-order chi connectivity index (χ1) is 4.33. The molecule has 0 aromatic rings. The van der Waals surface area contributed by atoms with E-state index in [1.165, 1.54) is 0 Å². The Bertz CT molecular complexity index is 87.1. The molecule has 54 valence electrons. The number of hydrogen-bond donors (Lipinski definition) is 2. The molecular formula is C6H14N2O. The van der Waals surface area contributed by atoms with Crippen LogP contribution in [0.1, 0.15) is 6.42 Å². The van der Waals surface area contributed by atoms with Gasteiger partial charge in [0.2, 0.25) is 0 Å². The van der Waals surface area contributed by atoms with Gasteiger partial charge in [-0.3, -0.25) is 0 Å². The highest BCUT2D eigenvalue weighted by molar-refractivity contribution is 4.76. The van der Waals surface area contributed by atoms with Crippen LogP contribution in [0.5, 0.6) is 0 Å². The highest BCUT2D eigenvalue weighted by Crippen LogP contribution is 2.03. The Kier molecular flexibility index (Phi) is 2.45. The molecule has 1 aliphatic rings. The standard InChI is InChI=1S/C6H14N2O/c1-8-6-2-5(7)3-9-4-6/h5-6,8H,2-4,7H2,1H3/t5-,6+/m1/s1. The fraction of sp³-hybridized carbons (Fsp3) is 1.00. The lowest BCUT2D eigenvalue weighted by atomic mass is 10.1. The zero-order valence-corrected chi connectivity index (χ0v) is 5.76. The predicted molar refractivity (Wildman–Crippen MR) is 36.3 cm³/mol. The van der Waals surface area contributed by atoms with Crippen molar-refractivity contribution in [3.05, 3.63) is 0 Å². The normalized spacial score (nSPS) is 36.7. The van der Waals surface area contributed by atoms with Crippen LogP contribution in [-0.4, -0.2) is 32.3 Å². The van der Waals surface area contributed by atoms with Crippen LogP contribution >= 0.6 is 0 Å². The molecule has 9 heavy (non-hydrogen) atoms. The summed E-state index contributed by atoms with van der Waals surface area (Å²) in [4.78, 5) is 0. The van der Waals surface area contributed by atoms with Gasteiger partial charge in [-0.1, -0.05) is 0 Å². The fourth-order valence-electron chi connectivity index (χ4n) is 1.06. The van der Waals surface area contributed by atoms with Gasteiger partial charge in [-0.2, -0.15) is 0 Å². The summed E-state index contributed by atoms with van der Waals surface area (Å²) in [6, 6.07) is 0.699. The largest absolute Gasteiger partial charge is 0.378 e. The van der Waals surface area contributed by atoms with Crippen molar-refractivity contribution in [2.45, 2.75) is 18.5 Å². The van der Waals surface area contributed by atoms with Crippen molar-refractivity contribution in [3.63, 3.8) is 0 Å². The average molecular weight is 130 g/mol. The summed E-state index contributed by atoms with van der Waals surface area (Å²) in [5, 5.41) is 3.13. The molecule has 3 heteroatoms. The molecule has 3 nitrogen and oxygen atoms in total. The van der Waals surface area contributed by atoms with Gasteiger partial charge >= 0.3 is 0 Å². The first kappa shape index (κ1) is 6.99. The van der Waals surface area contributed by atoms with E-state index >= 15 is 0 Å². The van der Waals surface area contributed by atoms with Crippen molar-refractivity contribution >= 4 is 0 Å². The molecule has 0 spiro atoms. The number of likely N-dealkylation sites (N-methyl/N-ethyl adjacent to an activating group) is 1. The van der Waals surface area contributed by atoms with Crippen molar-refractivity contribution < 1.29 is 4.74 Å². The van der Waals surface area contributed by atoms with Gasteiger partial charge < -0.3 is 15.8 Å². The van der Waals surface area contributed by atoms with Crippen LogP contribution in [0.4, 0.5) is 0 Å². The van der Waals surface area contributed by atoms with E-state index in [4.69, 9.17) is 10.5 Å². The van der Waals surface area contributed by atoms with E-state index in [-0.39, 0.29) is 6.04 Å². The zero-order valence-electron chi connectivity index (χ0n) is 5.76. The lowest BCUT2D eigenvalue weighted by molar-refractivity contribution is 0.0591. The summed E-state index contributed by atoms with van der Waals surface area (Å²) in [5.41, 5.74) is 5.64. The van der Waals surface area contributed by atoms with Gasteiger partial charge in [0.25, 0.3) is 0 Å². The molecule has 0 radical (unpaired) electrons. The maximum absolute atomic E-state index is 5.64. The van der Waals surface area contributed by atoms with E-state index in [0.717, 1.165) is 19.6 Å². The quantitative estimate of drug-likeness (QED) is 0.494. The Morgan fingerprint density at radius 2 is 2.33 bits per heavy atom. The molecule has 1 fully saturated rings. The van der Waals surface area contributed by atoms with Crippen molar-refractivity contribution in [2.75, 3.05) is 20.3 Å². The second-order valence-electron chi connectivity index (χ2n) is 2.52. The molecule has 1 saturated heterocycles. The van der Waals surface area contributed by atoms with Crippen LogP contribution < -0.4 is 11.1 Å². The number of rotatable bonds is 1. The minimum atomic E-state index is 0.233. The monoisotopic (exact) mass is 130 g/mol. The number of nitrogens with one attached hydrogen (secondary N) is 1. The van der Waals surface area contributed by atoms with Crippen LogP contribution in [0.25, 0.3) is 0 Å². The molecule has 0 aromatic carbocycles. The van der Waals surface area contributed by atoms with Crippen LogP contribution in [-0.2, 0) is 4.74 Å². The maximum Gasteiger partial charge on any atom is 0.0620 e. The van der Waals surface area contributed by atoms with E-state index in [1.807, 2.05) is 7.05 Å². The Hall–Kier alpha value is -0.120.